The van der Waals surface area contributed by atoms with Gasteiger partial charge in [-0.1, -0.05) is 0 Å². The van der Waals surface area contributed by atoms with Gasteiger partial charge in [0.15, 0.2) is 0 Å². The van der Waals surface area contributed by atoms with Gasteiger partial charge in [0.05, 0.1) is 22.5 Å². The molecule has 0 aliphatic carbocycles. The zero-order chi connectivity index (χ0) is 22.6. The van der Waals surface area contributed by atoms with Crippen LogP contribution in [0.2, 0.25) is 0 Å². The highest BCUT2D eigenvalue weighted by Gasteiger charge is 2.28. The molecule has 1 heterocycles. The lowest BCUT2D eigenvalue weighted by atomic mass is 10.1. The van der Waals surface area contributed by atoms with Gasteiger partial charge in [0.1, 0.15) is 5.00 Å². The van der Waals surface area contributed by atoms with Gasteiger partial charge in [-0.15, -0.1) is 11.3 Å². The second kappa shape index (κ2) is 9.49. The van der Waals surface area contributed by atoms with Gasteiger partial charge in [-0.3, -0.25) is 19.7 Å². The van der Waals surface area contributed by atoms with Gasteiger partial charge in [0.25, 0.3) is 17.5 Å². The van der Waals surface area contributed by atoms with Crippen LogP contribution in [0, 0.1) is 24.0 Å². The predicted molar refractivity (Wildman–Crippen MR) is 113 cm³/mol. The Morgan fingerprint density at radius 3 is 2.33 bits per heavy atom. The number of carbonyl (C=O) groups is 3. The van der Waals surface area contributed by atoms with E-state index in [4.69, 9.17) is 4.74 Å². The first-order valence-electron chi connectivity index (χ1n) is 9.23. The maximum absolute atomic E-state index is 12.8. The van der Waals surface area contributed by atoms with Gasteiger partial charge in [-0.2, -0.15) is 0 Å². The number of methoxy groups -OCH3 is 1. The molecule has 2 rings (SSSR count). The highest BCUT2D eigenvalue weighted by Crippen LogP contribution is 2.35. The summed E-state index contributed by atoms with van der Waals surface area (Å²) in [7, 11) is 1.22. The molecule has 1 aromatic carbocycles. The number of nitro benzene ring substituents is 1. The summed E-state index contributed by atoms with van der Waals surface area (Å²) in [5.74, 6) is -1.46. The number of carbonyl (C=O) groups excluding carboxylic acids is 3. The van der Waals surface area contributed by atoms with Crippen molar-refractivity contribution in [3.8, 4) is 0 Å². The molecule has 0 spiro atoms. The number of anilines is 1. The normalized spacial score (nSPS) is 10.4. The molecule has 0 radical (unpaired) electrons. The Kier molecular flexibility index (Phi) is 7.28. The number of benzene rings is 1. The molecule has 0 aliphatic rings. The van der Waals surface area contributed by atoms with Gasteiger partial charge >= 0.3 is 5.97 Å². The minimum atomic E-state index is -0.669. The molecule has 0 atom stereocenters. The lowest BCUT2D eigenvalue weighted by Crippen LogP contribution is -2.30. The van der Waals surface area contributed by atoms with E-state index in [2.05, 4.69) is 5.32 Å². The highest BCUT2D eigenvalue weighted by atomic mass is 32.1. The first-order chi connectivity index (χ1) is 14.2. The van der Waals surface area contributed by atoms with Crippen molar-refractivity contribution < 1.29 is 24.0 Å². The lowest BCUT2D eigenvalue weighted by Gasteiger charge is -2.17. The van der Waals surface area contributed by atoms with Crippen molar-refractivity contribution in [3.63, 3.8) is 0 Å². The number of hydrogen-bond donors (Lipinski definition) is 1. The number of thiophene rings is 1. The van der Waals surface area contributed by atoms with Crippen LogP contribution < -0.4 is 5.32 Å². The molecule has 0 saturated heterocycles. The molecular formula is C20H23N3O6S. The molecule has 0 bridgehead atoms. The molecule has 9 nitrogen and oxygen atoms in total. The quantitative estimate of drug-likeness (QED) is 0.403. The summed E-state index contributed by atoms with van der Waals surface area (Å²) in [6, 6.07) is 3.98. The van der Waals surface area contributed by atoms with E-state index in [1.807, 2.05) is 13.8 Å². The first-order valence-corrected chi connectivity index (χ1v) is 10.0. The van der Waals surface area contributed by atoms with Crippen molar-refractivity contribution in [2.45, 2.75) is 27.7 Å². The summed E-state index contributed by atoms with van der Waals surface area (Å²) in [6.45, 7) is 7.88. The molecule has 10 heteroatoms. The van der Waals surface area contributed by atoms with Gasteiger partial charge in [0, 0.05) is 30.3 Å². The smallest absolute Gasteiger partial charge is 0.341 e. The number of esters is 1. The molecule has 1 N–H and O–H groups in total. The van der Waals surface area contributed by atoms with E-state index < -0.39 is 16.8 Å². The van der Waals surface area contributed by atoms with Crippen molar-refractivity contribution in [2.24, 2.45) is 0 Å². The van der Waals surface area contributed by atoms with Gasteiger partial charge < -0.3 is 15.0 Å². The molecule has 0 fully saturated rings. The summed E-state index contributed by atoms with van der Waals surface area (Å²) >= 11 is 1.00. The Bertz CT molecular complexity index is 1010. The van der Waals surface area contributed by atoms with Crippen LogP contribution in [0.25, 0.3) is 0 Å². The van der Waals surface area contributed by atoms with E-state index >= 15 is 0 Å². The number of nitro groups is 1. The molecule has 2 amide bonds. The average Bonchev–Trinajstić information content (AvgIpc) is 3.03. The van der Waals surface area contributed by atoms with Gasteiger partial charge in [0.2, 0.25) is 0 Å². The fourth-order valence-electron chi connectivity index (χ4n) is 2.98. The first kappa shape index (κ1) is 23.0. The molecule has 2 aromatic rings. The predicted octanol–water partition coefficient (Wildman–Crippen LogP) is 3.79. The van der Waals surface area contributed by atoms with Crippen LogP contribution in [0.4, 0.5) is 10.7 Å². The van der Waals surface area contributed by atoms with Crippen LogP contribution in [0.1, 0.15) is 55.4 Å². The van der Waals surface area contributed by atoms with Crippen LogP contribution in [-0.4, -0.2) is 47.8 Å². The van der Waals surface area contributed by atoms with Crippen LogP contribution in [0.3, 0.4) is 0 Å². The largest absolute Gasteiger partial charge is 0.465 e. The molecule has 0 unspecified atom stereocenters. The summed E-state index contributed by atoms with van der Waals surface area (Å²) in [5.41, 5.74) is 0.974. The summed E-state index contributed by atoms with van der Waals surface area (Å²) in [6.07, 6.45) is 0. The molecule has 0 aliphatic heterocycles. The topological polar surface area (TPSA) is 119 Å². The van der Waals surface area contributed by atoms with Crippen LogP contribution in [0.15, 0.2) is 18.2 Å². The third-order valence-electron chi connectivity index (χ3n) is 4.66. The number of rotatable bonds is 7. The number of ether oxygens (including phenoxy) is 1. The Balaban J connectivity index is 2.45. The van der Waals surface area contributed by atoms with E-state index in [0.717, 1.165) is 11.3 Å². The van der Waals surface area contributed by atoms with E-state index in [9.17, 15) is 24.5 Å². The third kappa shape index (κ3) is 4.48. The van der Waals surface area contributed by atoms with Crippen LogP contribution >= 0.6 is 11.3 Å². The summed E-state index contributed by atoms with van der Waals surface area (Å²) in [4.78, 5) is 50.3. The van der Waals surface area contributed by atoms with Crippen molar-refractivity contribution in [1.82, 2.24) is 4.90 Å². The molecule has 160 valence electrons. The van der Waals surface area contributed by atoms with E-state index in [-0.39, 0.29) is 27.7 Å². The number of amides is 2. The Labute approximate surface area is 177 Å². The SMILES string of the molecule is CCN(CC)C(=O)c1sc(NC(=O)c2ccc([N+](=O)[O-])c(C)c2)c(C(=O)OC)c1C. The Morgan fingerprint density at radius 1 is 1.20 bits per heavy atom. The maximum Gasteiger partial charge on any atom is 0.341 e. The fourth-order valence-corrected chi connectivity index (χ4v) is 4.14. The van der Waals surface area contributed by atoms with E-state index in [1.165, 1.54) is 32.2 Å². The number of nitrogens with one attached hydrogen (secondary N) is 1. The Morgan fingerprint density at radius 2 is 1.83 bits per heavy atom. The van der Waals surface area contributed by atoms with E-state index in [1.54, 1.807) is 11.8 Å². The van der Waals surface area contributed by atoms with E-state index in [0.29, 0.717) is 29.1 Å². The average molecular weight is 433 g/mol. The zero-order valence-electron chi connectivity index (χ0n) is 17.4. The zero-order valence-corrected chi connectivity index (χ0v) is 18.2. The van der Waals surface area contributed by atoms with Gasteiger partial charge in [-0.05, 0) is 45.4 Å². The third-order valence-corrected chi connectivity index (χ3v) is 5.86. The fraction of sp³-hybridized carbons (Fsp3) is 0.350. The lowest BCUT2D eigenvalue weighted by molar-refractivity contribution is -0.385. The minimum absolute atomic E-state index is 0.0964. The van der Waals surface area contributed by atoms with Crippen molar-refractivity contribution >= 4 is 39.8 Å². The monoisotopic (exact) mass is 433 g/mol. The summed E-state index contributed by atoms with van der Waals surface area (Å²) < 4.78 is 4.83. The van der Waals surface area contributed by atoms with Crippen molar-refractivity contribution in [1.29, 1.82) is 0 Å². The molecule has 0 saturated carbocycles. The highest BCUT2D eigenvalue weighted by molar-refractivity contribution is 7.18. The number of nitrogens with zero attached hydrogens (tertiary/aromatic N) is 2. The van der Waals surface area contributed by atoms with Crippen molar-refractivity contribution in [2.75, 3.05) is 25.5 Å². The molecule has 30 heavy (non-hydrogen) atoms. The molecular weight excluding hydrogens is 410 g/mol. The number of aryl methyl sites for hydroxylation is 1. The van der Waals surface area contributed by atoms with Crippen molar-refractivity contribution in [3.05, 3.63) is 55.4 Å². The minimum Gasteiger partial charge on any atom is -0.465 e. The van der Waals surface area contributed by atoms with Gasteiger partial charge in [-0.25, -0.2) is 4.79 Å². The second-order valence-electron chi connectivity index (χ2n) is 6.44. The van der Waals surface area contributed by atoms with Crippen LogP contribution in [0.5, 0.6) is 0 Å². The standard InChI is InChI=1S/C20H23N3O6S/c1-6-22(7-2)19(25)16-12(4)15(20(26)29-5)18(30-16)21-17(24)13-8-9-14(23(27)28)11(3)10-13/h8-10H,6-7H2,1-5H3,(H,21,24). The second-order valence-corrected chi connectivity index (χ2v) is 7.46. The maximum atomic E-state index is 12.8. The summed E-state index contributed by atoms with van der Waals surface area (Å²) in [5, 5.41) is 13.8. The van der Waals surface area contributed by atoms with Crippen LogP contribution in [-0.2, 0) is 4.74 Å². The number of hydrogen-bond acceptors (Lipinski definition) is 7. The Hall–Kier alpha value is -3.27. The molecule has 1 aromatic heterocycles.